The number of H-pyrrole nitrogens is 1. The predicted molar refractivity (Wildman–Crippen MR) is 67.3 cm³/mol. The first-order chi connectivity index (χ1) is 8.33. The van der Waals surface area contributed by atoms with Gasteiger partial charge < -0.3 is 10.2 Å². The average molecular weight is 235 g/mol. The number of aromatic nitrogens is 3. The Morgan fingerprint density at radius 1 is 1.29 bits per heavy atom. The Balaban J connectivity index is 1.70. The second kappa shape index (κ2) is 4.64. The van der Waals surface area contributed by atoms with Gasteiger partial charge in [0.1, 0.15) is 5.82 Å². The van der Waals surface area contributed by atoms with Crippen LogP contribution in [0.1, 0.15) is 44.3 Å². The van der Waals surface area contributed by atoms with Gasteiger partial charge in [0.15, 0.2) is 0 Å². The summed E-state index contributed by atoms with van der Waals surface area (Å²) in [4.78, 5) is 6.96. The van der Waals surface area contributed by atoms with Gasteiger partial charge in [0, 0.05) is 31.6 Å². The SMILES string of the molecule is C[C@@H]1CN(c2n[nH]c(C3CCCC3)n2)CCN1. The first-order valence-electron chi connectivity index (χ1n) is 6.73. The quantitative estimate of drug-likeness (QED) is 0.810. The number of hydrogen-bond acceptors (Lipinski definition) is 4. The van der Waals surface area contributed by atoms with Crippen LogP contribution < -0.4 is 10.2 Å². The maximum Gasteiger partial charge on any atom is 0.244 e. The van der Waals surface area contributed by atoms with Gasteiger partial charge in [0.05, 0.1) is 0 Å². The first kappa shape index (κ1) is 11.0. The zero-order chi connectivity index (χ0) is 11.7. The molecule has 1 aliphatic carbocycles. The van der Waals surface area contributed by atoms with Gasteiger partial charge in [0.2, 0.25) is 5.95 Å². The molecular weight excluding hydrogens is 214 g/mol. The lowest BCUT2D eigenvalue weighted by molar-refractivity contribution is 0.479. The second-order valence-electron chi connectivity index (χ2n) is 5.30. The van der Waals surface area contributed by atoms with E-state index in [1.807, 2.05) is 0 Å². The van der Waals surface area contributed by atoms with Gasteiger partial charge in [-0.15, -0.1) is 5.10 Å². The molecule has 1 aromatic heterocycles. The van der Waals surface area contributed by atoms with Crippen LogP contribution in [0.3, 0.4) is 0 Å². The molecule has 2 heterocycles. The van der Waals surface area contributed by atoms with Gasteiger partial charge in [0.25, 0.3) is 0 Å². The van der Waals surface area contributed by atoms with Gasteiger partial charge >= 0.3 is 0 Å². The van der Waals surface area contributed by atoms with Crippen molar-refractivity contribution in [2.24, 2.45) is 0 Å². The van der Waals surface area contributed by atoms with E-state index >= 15 is 0 Å². The van der Waals surface area contributed by atoms with Crippen LogP contribution in [0.25, 0.3) is 0 Å². The molecule has 0 amide bonds. The Labute approximate surface area is 102 Å². The molecule has 3 rings (SSSR count). The van der Waals surface area contributed by atoms with E-state index in [1.165, 1.54) is 25.7 Å². The van der Waals surface area contributed by atoms with Crippen molar-refractivity contribution < 1.29 is 0 Å². The third-order valence-corrected chi connectivity index (χ3v) is 3.88. The summed E-state index contributed by atoms with van der Waals surface area (Å²) in [7, 11) is 0. The third kappa shape index (κ3) is 2.29. The van der Waals surface area contributed by atoms with E-state index in [4.69, 9.17) is 0 Å². The second-order valence-corrected chi connectivity index (χ2v) is 5.30. The highest BCUT2D eigenvalue weighted by Crippen LogP contribution is 2.32. The standard InChI is InChI=1S/C12H21N5/c1-9-8-17(7-6-13-9)12-14-11(15-16-12)10-4-2-3-5-10/h9-10,13H,2-8H2,1H3,(H,14,15,16)/t9-/m1/s1. The maximum absolute atomic E-state index is 4.68. The number of nitrogens with zero attached hydrogens (tertiary/aromatic N) is 3. The van der Waals surface area contributed by atoms with Gasteiger partial charge in [-0.25, -0.2) is 0 Å². The average Bonchev–Trinajstić information content (AvgIpc) is 3.00. The number of aromatic amines is 1. The van der Waals surface area contributed by atoms with Gasteiger partial charge in [-0.3, -0.25) is 5.10 Å². The summed E-state index contributed by atoms with van der Waals surface area (Å²) in [6, 6.07) is 0.525. The van der Waals surface area contributed by atoms with Crippen molar-refractivity contribution >= 4 is 5.95 Å². The summed E-state index contributed by atoms with van der Waals surface area (Å²) in [5, 5.41) is 11.0. The molecule has 5 nitrogen and oxygen atoms in total. The topological polar surface area (TPSA) is 56.8 Å². The largest absolute Gasteiger partial charge is 0.337 e. The zero-order valence-electron chi connectivity index (χ0n) is 10.4. The molecule has 17 heavy (non-hydrogen) atoms. The van der Waals surface area contributed by atoms with Crippen LogP contribution in [0.15, 0.2) is 0 Å². The van der Waals surface area contributed by atoms with Crippen molar-refractivity contribution in [2.45, 2.75) is 44.6 Å². The van der Waals surface area contributed by atoms with Crippen molar-refractivity contribution in [1.82, 2.24) is 20.5 Å². The summed E-state index contributed by atoms with van der Waals surface area (Å²) in [6.45, 7) is 5.24. The smallest absolute Gasteiger partial charge is 0.244 e. The minimum atomic E-state index is 0.525. The van der Waals surface area contributed by atoms with E-state index in [0.29, 0.717) is 12.0 Å². The molecule has 94 valence electrons. The van der Waals surface area contributed by atoms with Crippen LogP contribution >= 0.6 is 0 Å². The van der Waals surface area contributed by atoms with Crippen LogP contribution in [-0.2, 0) is 0 Å². The van der Waals surface area contributed by atoms with E-state index in [0.717, 1.165) is 31.4 Å². The van der Waals surface area contributed by atoms with Crippen molar-refractivity contribution in [2.75, 3.05) is 24.5 Å². The molecule has 1 aliphatic heterocycles. The van der Waals surface area contributed by atoms with Crippen LogP contribution in [-0.4, -0.2) is 40.9 Å². The molecule has 0 spiro atoms. The fourth-order valence-corrected chi connectivity index (χ4v) is 2.90. The van der Waals surface area contributed by atoms with E-state index in [2.05, 4.69) is 32.3 Å². The number of hydrogen-bond donors (Lipinski definition) is 2. The number of anilines is 1. The number of rotatable bonds is 2. The normalized spacial score (nSPS) is 26.6. The molecule has 0 unspecified atom stereocenters. The molecule has 2 fully saturated rings. The Kier molecular flexibility index (Phi) is 3.01. The number of piperazine rings is 1. The van der Waals surface area contributed by atoms with Crippen LogP contribution in [0.5, 0.6) is 0 Å². The molecule has 1 aromatic rings. The van der Waals surface area contributed by atoms with Gasteiger partial charge in [-0.05, 0) is 19.8 Å². The summed E-state index contributed by atoms with van der Waals surface area (Å²) in [5.41, 5.74) is 0. The van der Waals surface area contributed by atoms with E-state index < -0.39 is 0 Å². The minimum Gasteiger partial charge on any atom is -0.337 e. The molecule has 1 saturated heterocycles. The minimum absolute atomic E-state index is 0.525. The highest BCUT2D eigenvalue weighted by molar-refractivity contribution is 5.30. The van der Waals surface area contributed by atoms with E-state index in [1.54, 1.807) is 0 Å². The Bertz CT molecular complexity index is 369. The molecular formula is C12H21N5. The van der Waals surface area contributed by atoms with Crippen LogP contribution in [0, 0.1) is 0 Å². The molecule has 0 aromatic carbocycles. The highest BCUT2D eigenvalue weighted by Gasteiger charge is 2.23. The lowest BCUT2D eigenvalue weighted by Gasteiger charge is -2.30. The van der Waals surface area contributed by atoms with E-state index in [-0.39, 0.29) is 0 Å². The first-order valence-corrected chi connectivity index (χ1v) is 6.73. The summed E-state index contributed by atoms with van der Waals surface area (Å²) in [5.74, 6) is 2.61. The fraction of sp³-hybridized carbons (Fsp3) is 0.833. The maximum atomic E-state index is 4.68. The Hall–Kier alpha value is -1.10. The monoisotopic (exact) mass is 235 g/mol. The van der Waals surface area contributed by atoms with Crippen LogP contribution in [0.2, 0.25) is 0 Å². The van der Waals surface area contributed by atoms with Gasteiger partial charge in [-0.2, -0.15) is 4.98 Å². The van der Waals surface area contributed by atoms with Gasteiger partial charge in [-0.1, -0.05) is 12.8 Å². The molecule has 0 radical (unpaired) electrons. The lowest BCUT2D eigenvalue weighted by atomic mass is 10.1. The summed E-state index contributed by atoms with van der Waals surface area (Å²) >= 11 is 0. The van der Waals surface area contributed by atoms with Crippen molar-refractivity contribution in [1.29, 1.82) is 0 Å². The highest BCUT2D eigenvalue weighted by atomic mass is 15.4. The Morgan fingerprint density at radius 2 is 2.12 bits per heavy atom. The Morgan fingerprint density at radius 3 is 2.88 bits per heavy atom. The van der Waals surface area contributed by atoms with Crippen molar-refractivity contribution in [3.8, 4) is 0 Å². The summed E-state index contributed by atoms with van der Waals surface area (Å²) < 4.78 is 0. The molecule has 1 saturated carbocycles. The molecule has 5 heteroatoms. The number of nitrogens with one attached hydrogen (secondary N) is 2. The van der Waals surface area contributed by atoms with Crippen LogP contribution in [0.4, 0.5) is 5.95 Å². The fourth-order valence-electron chi connectivity index (χ4n) is 2.90. The molecule has 2 N–H and O–H groups in total. The third-order valence-electron chi connectivity index (χ3n) is 3.88. The zero-order valence-corrected chi connectivity index (χ0v) is 10.4. The predicted octanol–water partition coefficient (Wildman–Crippen LogP) is 1.26. The molecule has 0 bridgehead atoms. The summed E-state index contributed by atoms with van der Waals surface area (Å²) in [6.07, 6.45) is 5.22. The molecule has 1 atom stereocenters. The van der Waals surface area contributed by atoms with Crippen molar-refractivity contribution in [3.05, 3.63) is 5.82 Å². The van der Waals surface area contributed by atoms with Crippen molar-refractivity contribution in [3.63, 3.8) is 0 Å². The van der Waals surface area contributed by atoms with E-state index in [9.17, 15) is 0 Å². The molecule has 2 aliphatic rings. The lowest BCUT2D eigenvalue weighted by Crippen LogP contribution is -2.49.